The maximum atomic E-state index is 12.1. The van der Waals surface area contributed by atoms with Crippen molar-refractivity contribution in [2.45, 2.75) is 31.3 Å². The van der Waals surface area contributed by atoms with E-state index in [1.165, 1.54) is 22.3 Å². The molecule has 0 radical (unpaired) electrons. The van der Waals surface area contributed by atoms with Crippen LogP contribution in [0.15, 0.2) is 11.4 Å². The van der Waals surface area contributed by atoms with Gasteiger partial charge in [0.2, 0.25) is 0 Å². The van der Waals surface area contributed by atoms with Crippen LogP contribution in [0.4, 0.5) is 0 Å². The van der Waals surface area contributed by atoms with Crippen LogP contribution in [0.2, 0.25) is 0 Å². The molecule has 1 aromatic heterocycles. The molecule has 2 saturated heterocycles. The van der Waals surface area contributed by atoms with E-state index in [2.05, 4.69) is 32.8 Å². The van der Waals surface area contributed by atoms with Crippen molar-refractivity contribution in [2.75, 3.05) is 13.1 Å². The average Bonchev–Trinajstić information content (AvgIpc) is 2.96. The van der Waals surface area contributed by atoms with Crippen LogP contribution in [0.1, 0.15) is 29.6 Å². The Hall–Kier alpha value is -0.140. The van der Waals surface area contributed by atoms with Gasteiger partial charge in [-0.1, -0.05) is 0 Å². The summed E-state index contributed by atoms with van der Waals surface area (Å²) in [5.74, 6) is 0.0999. The molecular weight excluding hydrogens is 347 g/mol. The van der Waals surface area contributed by atoms with E-state index < -0.39 is 0 Å². The molecule has 0 bridgehead atoms. The quantitative estimate of drug-likeness (QED) is 0.819. The molecule has 17 heavy (non-hydrogen) atoms. The molecule has 1 aromatic rings. The fourth-order valence-corrected chi connectivity index (χ4v) is 4.26. The van der Waals surface area contributed by atoms with Crippen LogP contribution in [0, 0.1) is 2.88 Å². The van der Waals surface area contributed by atoms with Crippen LogP contribution >= 0.6 is 33.9 Å². The van der Waals surface area contributed by atoms with E-state index in [0.717, 1.165) is 18.5 Å². The molecule has 3 heterocycles. The predicted molar refractivity (Wildman–Crippen MR) is 77.5 cm³/mol. The number of hydrogen-bond acceptors (Lipinski definition) is 3. The van der Waals surface area contributed by atoms with Crippen LogP contribution in [0.25, 0.3) is 0 Å². The number of thiophene rings is 1. The first-order valence-electron chi connectivity index (χ1n) is 6.03. The Morgan fingerprint density at radius 3 is 3.12 bits per heavy atom. The number of amides is 1. The Balaban J connectivity index is 1.65. The van der Waals surface area contributed by atoms with Gasteiger partial charge in [0.25, 0.3) is 5.91 Å². The Morgan fingerprint density at radius 1 is 1.47 bits per heavy atom. The number of nitrogens with zero attached hydrogens (tertiary/aromatic N) is 1. The molecule has 2 aliphatic heterocycles. The topological polar surface area (TPSA) is 32.3 Å². The van der Waals surface area contributed by atoms with E-state index >= 15 is 0 Å². The smallest absolute Gasteiger partial charge is 0.252 e. The Bertz CT molecular complexity index is 434. The van der Waals surface area contributed by atoms with Gasteiger partial charge < -0.3 is 5.32 Å². The fourth-order valence-electron chi connectivity index (χ4n) is 2.93. The molecule has 5 heteroatoms. The molecule has 2 unspecified atom stereocenters. The van der Waals surface area contributed by atoms with Gasteiger partial charge in [0, 0.05) is 24.0 Å². The summed E-state index contributed by atoms with van der Waals surface area (Å²) in [6.07, 6.45) is 3.64. The summed E-state index contributed by atoms with van der Waals surface area (Å²) in [5, 5.41) is 5.15. The number of fused-ring (bicyclic) bond motifs is 1. The van der Waals surface area contributed by atoms with Gasteiger partial charge >= 0.3 is 0 Å². The summed E-state index contributed by atoms with van der Waals surface area (Å²) in [7, 11) is 0. The molecule has 0 spiro atoms. The van der Waals surface area contributed by atoms with Crippen LogP contribution in [-0.2, 0) is 0 Å². The van der Waals surface area contributed by atoms with Crippen molar-refractivity contribution in [1.82, 2.24) is 10.2 Å². The lowest BCUT2D eigenvalue weighted by atomic mass is 10.1. The summed E-state index contributed by atoms with van der Waals surface area (Å²) >= 11 is 3.88. The molecule has 0 saturated carbocycles. The second kappa shape index (κ2) is 4.85. The lowest BCUT2D eigenvalue weighted by molar-refractivity contribution is 0.0930. The summed E-state index contributed by atoms with van der Waals surface area (Å²) in [6.45, 7) is 2.37. The van der Waals surface area contributed by atoms with E-state index in [-0.39, 0.29) is 5.91 Å². The maximum Gasteiger partial charge on any atom is 0.252 e. The van der Waals surface area contributed by atoms with E-state index in [9.17, 15) is 4.79 Å². The molecule has 2 atom stereocenters. The van der Waals surface area contributed by atoms with Crippen LogP contribution < -0.4 is 5.32 Å². The van der Waals surface area contributed by atoms with Crippen molar-refractivity contribution in [3.05, 3.63) is 19.9 Å². The Morgan fingerprint density at radius 2 is 2.35 bits per heavy atom. The van der Waals surface area contributed by atoms with Gasteiger partial charge in [0.05, 0.1) is 8.45 Å². The highest BCUT2D eigenvalue weighted by Gasteiger charge is 2.37. The molecule has 2 fully saturated rings. The van der Waals surface area contributed by atoms with Gasteiger partial charge in [0.1, 0.15) is 0 Å². The van der Waals surface area contributed by atoms with Gasteiger partial charge in [-0.3, -0.25) is 9.69 Å². The Kier molecular flexibility index (Phi) is 3.40. The van der Waals surface area contributed by atoms with Gasteiger partial charge in [-0.2, -0.15) is 0 Å². The van der Waals surface area contributed by atoms with Crippen molar-refractivity contribution in [2.24, 2.45) is 0 Å². The zero-order valence-corrected chi connectivity index (χ0v) is 12.5. The molecule has 3 rings (SSSR count). The summed E-state index contributed by atoms with van der Waals surface area (Å²) < 4.78 is 1.17. The minimum atomic E-state index is 0.0999. The zero-order valence-electron chi connectivity index (χ0n) is 9.49. The van der Waals surface area contributed by atoms with Crippen LogP contribution in [-0.4, -0.2) is 36.0 Å². The molecule has 0 aliphatic carbocycles. The molecule has 1 N–H and O–H groups in total. The molecule has 2 aliphatic rings. The van der Waals surface area contributed by atoms with Gasteiger partial charge in [-0.25, -0.2) is 0 Å². The molecule has 1 amide bonds. The van der Waals surface area contributed by atoms with Crippen molar-refractivity contribution in [1.29, 1.82) is 0 Å². The minimum Gasteiger partial charge on any atom is -0.348 e. The molecule has 3 nitrogen and oxygen atoms in total. The third-order valence-electron chi connectivity index (χ3n) is 3.75. The second-order valence-electron chi connectivity index (χ2n) is 4.75. The van der Waals surface area contributed by atoms with Crippen molar-refractivity contribution in [3.8, 4) is 0 Å². The first-order chi connectivity index (χ1) is 8.24. The van der Waals surface area contributed by atoms with Crippen molar-refractivity contribution in [3.63, 3.8) is 0 Å². The van der Waals surface area contributed by atoms with Crippen LogP contribution in [0.5, 0.6) is 0 Å². The second-order valence-corrected chi connectivity index (χ2v) is 7.56. The zero-order chi connectivity index (χ0) is 11.8. The van der Waals surface area contributed by atoms with Gasteiger partial charge in [0.15, 0.2) is 0 Å². The number of nitrogens with one attached hydrogen (secondary N) is 1. The van der Waals surface area contributed by atoms with Gasteiger partial charge in [-0.05, 0) is 54.5 Å². The summed E-state index contributed by atoms with van der Waals surface area (Å²) in [6, 6.07) is 2.92. The van der Waals surface area contributed by atoms with E-state index in [1.807, 2.05) is 11.4 Å². The third kappa shape index (κ3) is 2.37. The minimum absolute atomic E-state index is 0.0999. The highest BCUT2D eigenvalue weighted by atomic mass is 127. The summed E-state index contributed by atoms with van der Waals surface area (Å²) in [5.41, 5.74) is 0.816. The van der Waals surface area contributed by atoms with Crippen LogP contribution in [0.3, 0.4) is 0 Å². The normalized spacial score (nSPS) is 28.3. The molecular formula is C12H15IN2OS. The molecule has 92 valence electrons. The number of hydrogen-bond donors (Lipinski definition) is 1. The number of carbonyl (C=O) groups excluding carboxylic acids is 1. The predicted octanol–water partition coefficient (Wildman–Crippen LogP) is 2.32. The van der Waals surface area contributed by atoms with Crippen molar-refractivity contribution >= 4 is 39.8 Å². The SMILES string of the molecule is O=C(NC1CCN2CCCC12)c1csc(I)c1. The largest absolute Gasteiger partial charge is 0.348 e. The summed E-state index contributed by atoms with van der Waals surface area (Å²) in [4.78, 5) is 14.6. The lowest BCUT2D eigenvalue weighted by Crippen LogP contribution is -2.42. The maximum absolute atomic E-state index is 12.1. The standard InChI is InChI=1S/C12H15IN2OS/c13-11-6-8(7-17-11)12(16)14-9-3-5-15-4-1-2-10(9)15/h6-7,9-10H,1-5H2,(H,14,16). The number of halogens is 1. The van der Waals surface area contributed by atoms with E-state index in [4.69, 9.17) is 0 Å². The lowest BCUT2D eigenvalue weighted by Gasteiger charge is -2.20. The number of carbonyl (C=O) groups is 1. The third-order valence-corrected chi connectivity index (χ3v) is 5.54. The first-order valence-corrected chi connectivity index (χ1v) is 7.99. The average molecular weight is 362 g/mol. The van der Waals surface area contributed by atoms with E-state index in [1.54, 1.807) is 11.3 Å². The Labute approximate surface area is 119 Å². The van der Waals surface area contributed by atoms with Crippen molar-refractivity contribution < 1.29 is 4.79 Å². The van der Waals surface area contributed by atoms with Gasteiger partial charge in [-0.15, -0.1) is 11.3 Å². The molecule has 0 aromatic carbocycles. The monoisotopic (exact) mass is 362 g/mol. The number of rotatable bonds is 2. The highest BCUT2D eigenvalue weighted by molar-refractivity contribution is 14.1. The van der Waals surface area contributed by atoms with E-state index in [0.29, 0.717) is 12.1 Å². The fraction of sp³-hybridized carbons (Fsp3) is 0.583. The first kappa shape index (κ1) is 11.9. The highest BCUT2D eigenvalue weighted by Crippen LogP contribution is 2.28.